The van der Waals surface area contributed by atoms with Gasteiger partial charge in [0, 0.05) is 0 Å². The average molecular weight is 382 g/mol. The maximum atomic E-state index is 11.9. The van der Waals surface area contributed by atoms with Gasteiger partial charge >= 0.3 is 10.3 Å². The van der Waals surface area contributed by atoms with Gasteiger partial charge in [0.2, 0.25) is 0 Å². The van der Waals surface area contributed by atoms with Crippen molar-refractivity contribution in [2.24, 2.45) is 10.3 Å². The van der Waals surface area contributed by atoms with Gasteiger partial charge < -0.3 is 4.18 Å². The summed E-state index contributed by atoms with van der Waals surface area (Å²) in [5.74, 6) is -0.00761. The zero-order chi connectivity index (χ0) is 18.7. The first-order chi connectivity index (χ1) is 11.6. The molecule has 0 unspecified atom stereocenters. The van der Waals surface area contributed by atoms with Crippen molar-refractivity contribution in [1.82, 2.24) is 0 Å². The van der Waals surface area contributed by atoms with E-state index in [9.17, 15) is 16.8 Å². The molecule has 0 aromatic heterocycles. The van der Waals surface area contributed by atoms with Crippen LogP contribution in [0.4, 0.5) is 5.69 Å². The van der Waals surface area contributed by atoms with Crippen LogP contribution in [-0.2, 0) is 27.1 Å². The smallest absolute Gasteiger partial charge is 0.371 e. The molecule has 0 aliphatic heterocycles. The van der Waals surface area contributed by atoms with Crippen LogP contribution in [0.1, 0.15) is 11.1 Å². The number of hydrogen-bond acceptors (Lipinski definition) is 6. The largest absolute Gasteiger partial charge is 0.380 e. The van der Waals surface area contributed by atoms with Crippen molar-refractivity contribution in [1.29, 1.82) is 5.26 Å². The number of anilines is 1. The van der Waals surface area contributed by atoms with Gasteiger partial charge in [-0.05, 0) is 42.0 Å². The van der Waals surface area contributed by atoms with Gasteiger partial charge in [-0.3, -0.25) is 4.31 Å². The Morgan fingerprint density at radius 2 is 1.52 bits per heavy atom. The molecule has 4 N–H and O–H groups in total. The van der Waals surface area contributed by atoms with Crippen molar-refractivity contribution in [3.8, 4) is 11.8 Å². The minimum Gasteiger partial charge on any atom is -0.371 e. The van der Waals surface area contributed by atoms with Gasteiger partial charge in [0.15, 0.2) is 0 Å². The average Bonchev–Trinajstić information content (AvgIpc) is 2.52. The zero-order valence-corrected chi connectivity index (χ0v) is 14.4. The fourth-order valence-electron chi connectivity index (χ4n) is 1.98. The van der Waals surface area contributed by atoms with Crippen LogP contribution in [0.25, 0.3) is 0 Å². The maximum absolute atomic E-state index is 11.9. The third kappa shape index (κ3) is 5.44. The molecule has 132 valence electrons. The predicted molar refractivity (Wildman–Crippen MR) is 90.6 cm³/mol. The summed E-state index contributed by atoms with van der Waals surface area (Å²) in [6.45, 7) is -0.0968. The van der Waals surface area contributed by atoms with Gasteiger partial charge in [0.05, 0.1) is 23.9 Å². The third-order valence-corrected chi connectivity index (χ3v) is 4.43. The van der Waals surface area contributed by atoms with Crippen LogP contribution in [0.5, 0.6) is 5.75 Å². The molecule has 9 nitrogen and oxygen atoms in total. The van der Waals surface area contributed by atoms with Gasteiger partial charge in [-0.25, -0.2) is 5.14 Å². The van der Waals surface area contributed by atoms with Crippen LogP contribution in [-0.4, -0.2) is 16.8 Å². The summed E-state index contributed by atoms with van der Waals surface area (Å²) in [5, 5.41) is 18.8. The summed E-state index contributed by atoms with van der Waals surface area (Å²) in [6.07, 6.45) is 0. The Labute approximate surface area is 145 Å². The SMILES string of the molecule is N#Cc1ccc(N(Cc2ccc(OS(N)(=O)=O)cc2)S(N)(=O)=O)cc1. The van der Waals surface area contributed by atoms with Crippen molar-refractivity contribution in [2.45, 2.75) is 6.54 Å². The van der Waals surface area contributed by atoms with E-state index in [1.54, 1.807) is 0 Å². The van der Waals surface area contributed by atoms with E-state index in [4.69, 9.17) is 15.5 Å². The van der Waals surface area contributed by atoms with E-state index >= 15 is 0 Å². The lowest BCUT2D eigenvalue weighted by molar-refractivity contribution is 0.487. The zero-order valence-electron chi connectivity index (χ0n) is 12.7. The summed E-state index contributed by atoms with van der Waals surface area (Å²) in [7, 11) is -8.21. The van der Waals surface area contributed by atoms with Gasteiger partial charge in [0.1, 0.15) is 5.75 Å². The second kappa shape index (κ2) is 7.08. The maximum Gasteiger partial charge on any atom is 0.380 e. The van der Waals surface area contributed by atoms with Crippen molar-refractivity contribution in [2.75, 3.05) is 4.31 Å². The van der Waals surface area contributed by atoms with Gasteiger partial charge in [-0.15, -0.1) is 0 Å². The minimum atomic E-state index is -4.14. The topological polar surface area (TPSA) is 157 Å². The highest BCUT2D eigenvalue weighted by Gasteiger charge is 2.18. The summed E-state index contributed by atoms with van der Waals surface area (Å²) in [4.78, 5) is 0. The normalized spacial score (nSPS) is 11.6. The molecule has 0 aliphatic rings. The van der Waals surface area contributed by atoms with E-state index in [2.05, 4.69) is 4.18 Å². The molecule has 2 rings (SSSR count). The first-order valence-corrected chi connectivity index (χ1v) is 9.68. The molecule has 25 heavy (non-hydrogen) atoms. The Kier molecular flexibility index (Phi) is 5.29. The second-order valence-corrected chi connectivity index (χ2v) is 7.55. The number of nitrogens with zero attached hydrogens (tertiary/aromatic N) is 2. The lowest BCUT2D eigenvalue weighted by Crippen LogP contribution is -2.36. The molecule has 0 bridgehead atoms. The molecule has 0 heterocycles. The molecule has 0 spiro atoms. The van der Waals surface area contributed by atoms with E-state index in [1.807, 2.05) is 6.07 Å². The van der Waals surface area contributed by atoms with E-state index in [0.717, 1.165) is 4.31 Å². The van der Waals surface area contributed by atoms with Crippen molar-refractivity contribution < 1.29 is 21.0 Å². The van der Waals surface area contributed by atoms with E-state index < -0.39 is 20.5 Å². The minimum absolute atomic E-state index is 0.00761. The summed E-state index contributed by atoms with van der Waals surface area (Å²) < 4.78 is 50.9. The molecule has 0 aliphatic carbocycles. The molecule has 0 saturated heterocycles. The number of rotatable bonds is 6. The van der Waals surface area contributed by atoms with Crippen LogP contribution in [0.2, 0.25) is 0 Å². The lowest BCUT2D eigenvalue weighted by atomic mass is 10.2. The molecule has 0 radical (unpaired) electrons. The molecular weight excluding hydrogens is 368 g/mol. The van der Waals surface area contributed by atoms with Crippen molar-refractivity contribution in [3.05, 3.63) is 59.7 Å². The monoisotopic (exact) mass is 382 g/mol. The van der Waals surface area contributed by atoms with Crippen LogP contribution in [0.3, 0.4) is 0 Å². The molecule has 2 aromatic carbocycles. The Balaban J connectivity index is 2.27. The lowest BCUT2D eigenvalue weighted by Gasteiger charge is -2.22. The Hall–Kier alpha value is -2.65. The van der Waals surface area contributed by atoms with E-state index in [1.165, 1.54) is 48.5 Å². The van der Waals surface area contributed by atoms with E-state index in [0.29, 0.717) is 11.1 Å². The molecule has 0 amide bonds. The van der Waals surface area contributed by atoms with Crippen LogP contribution >= 0.6 is 0 Å². The molecular formula is C14H14N4O5S2. The van der Waals surface area contributed by atoms with Gasteiger partial charge in [0.25, 0.3) is 10.2 Å². The summed E-state index contributed by atoms with van der Waals surface area (Å²) >= 11 is 0. The van der Waals surface area contributed by atoms with Gasteiger partial charge in [-0.1, -0.05) is 12.1 Å². The standard InChI is InChI=1S/C14H14N4O5S2/c15-9-11-1-5-13(6-2-11)18(24(16,19)20)10-12-3-7-14(8-4-12)23-25(17,21)22/h1-8H,10H2,(H2,16,19,20)(H2,17,21,22). The predicted octanol–water partition coefficient (Wildman–Crippen LogP) is 0.351. The van der Waals surface area contributed by atoms with E-state index in [-0.39, 0.29) is 18.0 Å². The van der Waals surface area contributed by atoms with Gasteiger partial charge in [-0.2, -0.15) is 27.2 Å². The molecule has 0 atom stereocenters. The third-order valence-electron chi connectivity index (χ3n) is 3.05. The van der Waals surface area contributed by atoms with Crippen molar-refractivity contribution >= 4 is 26.2 Å². The number of nitriles is 1. The fourth-order valence-corrected chi connectivity index (χ4v) is 3.10. The highest BCUT2D eigenvalue weighted by atomic mass is 32.2. The first kappa shape index (κ1) is 18.7. The van der Waals surface area contributed by atoms with Crippen LogP contribution in [0, 0.1) is 11.3 Å². The molecule has 2 aromatic rings. The van der Waals surface area contributed by atoms with Crippen LogP contribution in [0.15, 0.2) is 48.5 Å². The number of benzene rings is 2. The Morgan fingerprint density at radius 1 is 0.960 bits per heavy atom. The first-order valence-electron chi connectivity index (χ1n) is 6.70. The molecule has 11 heteroatoms. The highest BCUT2D eigenvalue weighted by Crippen LogP contribution is 2.21. The summed E-state index contributed by atoms with van der Waals surface area (Å²) in [5.41, 5.74) is 1.19. The highest BCUT2D eigenvalue weighted by molar-refractivity contribution is 7.90. The number of hydrogen-bond donors (Lipinski definition) is 2. The molecule has 0 saturated carbocycles. The fraction of sp³-hybridized carbons (Fsp3) is 0.0714. The Morgan fingerprint density at radius 3 is 1.96 bits per heavy atom. The number of nitrogens with two attached hydrogens (primary N) is 2. The summed E-state index contributed by atoms with van der Waals surface area (Å²) in [6, 6.07) is 13.4. The second-order valence-electron chi connectivity index (χ2n) is 4.93. The molecule has 0 fully saturated rings. The Bertz CT molecular complexity index is 995. The van der Waals surface area contributed by atoms with Crippen molar-refractivity contribution in [3.63, 3.8) is 0 Å². The quantitative estimate of drug-likeness (QED) is 0.734. The van der Waals surface area contributed by atoms with Crippen LogP contribution < -0.4 is 18.8 Å².